The van der Waals surface area contributed by atoms with Gasteiger partial charge in [0.1, 0.15) is 0 Å². The van der Waals surface area contributed by atoms with Gasteiger partial charge in [0, 0.05) is 39.3 Å². The van der Waals surface area contributed by atoms with Crippen molar-refractivity contribution in [2.24, 2.45) is 0 Å². The molecule has 0 aliphatic heterocycles. The molecule has 0 saturated carbocycles. The van der Waals surface area contributed by atoms with Crippen LogP contribution in [0.4, 0.5) is 0 Å². The summed E-state index contributed by atoms with van der Waals surface area (Å²) >= 11 is 0. The summed E-state index contributed by atoms with van der Waals surface area (Å²) in [5.41, 5.74) is 0. The van der Waals surface area contributed by atoms with Gasteiger partial charge in [-0.1, -0.05) is 0 Å². The van der Waals surface area contributed by atoms with Gasteiger partial charge in [0.25, 0.3) is 0 Å². The maximum absolute atomic E-state index is 5.68. The first-order valence-corrected chi connectivity index (χ1v) is 7.16. The zero-order valence-corrected chi connectivity index (χ0v) is 13.9. The fourth-order valence-corrected chi connectivity index (χ4v) is 1.51. The first kappa shape index (κ1) is 18.8. The van der Waals surface area contributed by atoms with Crippen LogP contribution in [0.1, 0.15) is 0 Å². The zero-order valence-electron chi connectivity index (χ0n) is 13.9. The van der Waals surface area contributed by atoms with E-state index < -0.39 is 0 Å². The Balaban J connectivity index is 3.34. The lowest BCUT2D eigenvalue weighted by molar-refractivity contribution is 0.0914. The molecule has 0 aromatic rings. The molecule has 0 radical (unpaired) electrons. The summed E-state index contributed by atoms with van der Waals surface area (Å²) in [6.45, 7) is 8.06. The molecule has 0 N–H and O–H groups in total. The topological polar surface area (TPSA) is 22.2 Å². The summed E-state index contributed by atoms with van der Waals surface area (Å²) in [6, 6.07) is 0. The van der Waals surface area contributed by atoms with Gasteiger partial charge in [-0.3, -0.25) is 0 Å². The number of hydrogen-bond donors (Lipinski definition) is 0. The molecule has 0 bridgehead atoms. The van der Waals surface area contributed by atoms with Crippen LogP contribution in [0.2, 0.25) is 0 Å². The minimum atomic E-state index is 0.825. The summed E-state index contributed by atoms with van der Waals surface area (Å²) in [7, 11) is 12.7. The number of ether oxygens (including phenoxy) is 1. The molecule has 19 heavy (non-hydrogen) atoms. The van der Waals surface area contributed by atoms with Crippen molar-refractivity contribution in [1.29, 1.82) is 0 Å². The van der Waals surface area contributed by atoms with Gasteiger partial charge >= 0.3 is 0 Å². The molecule has 0 spiro atoms. The van der Waals surface area contributed by atoms with Crippen molar-refractivity contribution in [1.82, 2.24) is 19.6 Å². The van der Waals surface area contributed by atoms with Crippen molar-refractivity contribution in [3.05, 3.63) is 0 Å². The average molecular weight is 274 g/mol. The van der Waals surface area contributed by atoms with Gasteiger partial charge in [-0.15, -0.1) is 0 Å². The molecule has 0 aromatic heterocycles. The molecule has 0 rings (SSSR count). The molecule has 0 fully saturated rings. The molecular weight excluding hydrogens is 240 g/mol. The summed E-state index contributed by atoms with van der Waals surface area (Å²) in [5.74, 6) is 0. The number of nitrogens with zero attached hydrogens (tertiary/aromatic N) is 4. The SMILES string of the molecule is CN(C)CCN(C)CCOCCN(C)CCN(C)C. The summed E-state index contributed by atoms with van der Waals surface area (Å²) < 4.78 is 5.68. The maximum Gasteiger partial charge on any atom is 0.0593 e. The van der Waals surface area contributed by atoms with E-state index in [9.17, 15) is 0 Å². The molecule has 0 atom stereocenters. The van der Waals surface area contributed by atoms with Crippen LogP contribution in [0, 0.1) is 0 Å². The van der Waals surface area contributed by atoms with Crippen molar-refractivity contribution in [3.8, 4) is 0 Å². The molecule has 0 unspecified atom stereocenters. The van der Waals surface area contributed by atoms with Crippen LogP contribution in [-0.2, 0) is 4.74 Å². The smallest absolute Gasteiger partial charge is 0.0593 e. The molecule has 0 aromatic carbocycles. The predicted octanol–water partition coefficient (Wildman–Crippen LogP) is -0.0102. The van der Waals surface area contributed by atoms with Crippen molar-refractivity contribution in [2.75, 3.05) is 94.8 Å². The van der Waals surface area contributed by atoms with E-state index in [1.54, 1.807) is 0 Å². The van der Waals surface area contributed by atoms with Crippen LogP contribution in [0.5, 0.6) is 0 Å². The van der Waals surface area contributed by atoms with E-state index in [1.807, 2.05) is 0 Å². The second-order valence-corrected chi connectivity index (χ2v) is 5.83. The highest BCUT2D eigenvalue weighted by atomic mass is 16.5. The largest absolute Gasteiger partial charge is 0.379 e. The monoisotopic (exact) mass is 274 g/mol. The van der Waals surface area contributed by atoms with Crippen molar-refractivity contribution in [3.63, 3.8) is 0 Å². The van der Waals surface area contributed by atoms with Crippen molar-refractivity contribution < 1.29 is 4.74 Å². The van der Waals surface area contributed by atoms with Crippen LogP contribution < -0.4 is 0 Å². The van der Waals surface area contributed by atoms with Gasteiger partial charge in [-0.05, 0) is 42.3 Å². The van der Waals surface area contributed by atoms with Gasteiger partial charge < -0.3 is 24.3 Å². The number of hydrogen-bond acceptors (Lipinski definition) is 5. The first-order valence-electron chi connectivity index (χ1n) is 7.16. The Morgan fingerprint density at radius 2 is 0.895 bits per heavy atom. The number of likely N-dealkylation sites (N-methyl/N-ethyl adjacent to an activating group) is 4. The zero-order chi connectivity index (χ0) is 14.7. The maximum atomic E-state index is 5.68. The molecule has 116 valence electrons. The predicted molar refractivity (Wildman–Crippen MR) is 82.9 cm³/mol. The van der Waals surface area contributed by atoms with E-state index in [0.717, 1.165) is 52.5 Å². The van der Waals surface area contributed by atoms with Crippen LogP contribution >= 0.6 is 0 Å². The third-order valence-electron chi connectivity index (χ3n) is 3.09. The minimum Gasteiger partial charge on any atom is -0.379 e. The van der Waals surface area contributed by atoms with Gasteiger partial charge in [-0.2, -0.15) is 0 Å². The molecule has 0 aliphatic carbocycles. The lowest BCUT2D eigenvalue weighted by Gasteiger charge is -2.21. The normalized spacial score (nSPS) is 12.3. The highest BCUT2D eigenvalue weighted by Crippen LogP contribution is 1.88. The highest BCUT2D eigenvalue weighted by Gasteiger charge is 2.01. The third kappa shape index (κ3) is 14.0. The molecule has 0 heterocycles. The number of rotatable bonds is 12. The van der Waals surface area contributed by atoms with Crippen molar-refractivity contribution >= 4 is 0 Å². The van der Waals surface area contributed by atoms with Crippen LogP contribution in [0.25, 0.3) is 0 Å². The Bertz CT molecular complexity index is 180. The van der Waals surface area contributed by atoms with E-state index in [0.29, 0.717) is 0 Å². The molecule has 0 saturated heterocycles. The second kappa shape index (κ2) is 11.6. The van der Waals surface area contributed by atoms with Gasteiger partial charge in [0.2, 0.25) is 0 Å². The summed E-state index contributed by atoms with van der Waals surface area (Å²) in [6.07, 6.45) is 0. The second-order valence-electron chi connectivity index (χ2n) is 5.83. The Morgan fingerprint density at radius 3 is 1.21 bits per heavy atom. The third-order valence-corrected chi connectivity index (χ3v) is 3.09. The summed E-state index contributed by atoms with van der Waals surface area (Å²) in [5, 5.41) is 0. The fourth-order valence-electron chi connectivity index (χ4n) is 1.51. The Morgan fingerprint density at radius 1 is 0.526 bits per heavy atom. The lowest BCUT2D eigenvalue weighted by atomic mass is 10.5. The highest BCUT2D eigenvalue weighted by molar-refractivity contribution is 4.55. The Hall–Kier alpha value is -0.200. The average Bonchev–Trinajstić information content (AvgIpc) is 2.33. The van der Waals surface area contributed by atoms with Crippen LogP contribution in [-0.4, -0.2) is 114 Å². The standard InChI is InChI=1S/C14H34N4O/c1-15(2)7-9-17(5)11-13-19-14-12-18(6)10-8-16(3)4/h7-14H2,1-6H3. The van der Waals surface area contributed by atoms with E-state index >= 15 is 0 Å². The quantitative estimate of drug-likeness (QED) is 0.466. The molecule has 5 heteroatoms. The van der Waals surface area contributed by atoms with Crippen molar-refractivity contribution in [2.45, 2.75) is 0 Å². The molecule has 0 aliphatic rings. The first-order chi connectivity index (χ1) is 8.91. The fraction of sp³-hybridized carbons (Fsp3) is 1.00. The van der Waals surface area contributed by atoms with E-state index in [1.165, 1.54) is 0 Å². The van der Waals surface area contributed by atoms with Crippen LogP contribution in [0.15, 0.2) is 0 Å². The van der Waals surface area contributed by atoms with E-state index in [2.05, 4.69) is 61.9 Å². The molecule has 5 nitrogen and oxygen atoms in total. The van der Waals surface area contributed by atoms with Gasteiger partial charge in [-0.25, -0.2) is 0 Å². The summed E-state index contributed by atoms with van der Waals surface area (Å²) in [4.78, 5) is 9.04. The van der Waals surface area contributed by atoms with E-state index in [4.69, 9.17) is 4.74 Å². The minimum absolute atomic E-state index is 0.825. The Labute approximate surface area is 120 Å². The van der Waals surface area contributed by atoms with E-state index in [-0.39, 0.29) is 0 Å². The molecule has 0 amide bonds. The lowest BCUT2D eigenvalue weighted by Crippen LogP contribution is -2.33. The van der Waals surface area contributed by atoms with Crippen LogP contribution in [0.3, 0.4) is 0 Å². The van der Waals surface area contributed by atoms with Gasteiger partial charge in [0.15, 0.2) is 0 Å². The van der Waals surface area contributed by atoms with Gasteiger partial charge in [0.05, 0.1) is 13.2 Å². The molecular formula is C14H34N4O. The Kier molecular flexibility index (Phi) is 11.5.